The van der Waals surface area contributed by atoms with Gasteiger partial charge >= 0.3 is 0 Å². The van der Waals surface area contributed by atoms with Gasteiger partial charge in [0, 0.05) is 42.5 Å². The zero-order chi connectivity index (χ0) is 35.5. The first kappa shape index (κ1) is 31.5. The van der Waals surface area contributed by atoms with E-state index in [0.29, 0.717) is 0 Å². The van der Waals surface area contributed by atoms with E-state index in [4.69, 9.17) is 0 Å². The largest absolute Gasteiger partial charge is 0.310 e. The van der Waals surface area contributed by atoms with Crippen LogP contribution in [-0.4, -0.2) is 0 Å². The molecule has 1 aromatic heterocycles. The minimum atomic E-state index is -0.115. The number of benzene rings is 8. The molecule has 0 saturated carbocycles. The molecule has 1 nitrogen and oxygen atoms in total. The summed E-state index contributed by atoms with van der Waals surface area (Å²) in [6.07, 6.45) is 0. The number of thiophene rings is 1. The van der Waals surface area contributed by atoms with Gasteiger partial charge in [-0.3, -0.25) is 0 Å². The van der Waals surface area contributed by atoms with Crippen molar-refractivity contribution in [2.75, 3.05) is 4.90 Å². The number of hydrogen-bond donors (Lipinski definition) is 0. The maximum Gasteiger partial charge on any atom is 0.0540 e. The normalized spacial score (nSPS) is 12.9. The Balaban J connectivity index is 1.22. The molecule has 1 aliphatic carbocycles. The van der Waals surface area contributed by atoms with Crippen LogP contribution >= 0.6 is 11.3 Å². The molecule has 8 aromatic carbocycles. The van der Waals surface area contributed by atoms with E-state index >= 15 is 0 Å². The Labute approximate surface area is 315 Å². The Bertz CT molecular complexity index is 2810. The standard InChI is InChI=1S/C51H37NS/c1-51(2)46-23-13-11-21-41(46)42-28-26-37(32-47(42)51)52(38-27-29-44-43-22-12-14-24-49(43)53-50(44)33-38)48-30-25-36(31-45(48)35-17-7-4-8-18-35)40-20-10-9-19-39(40)34-15-5-3-6-16-34/h3-33H,1-2H3. The van der Waals surface area contributed by atoms with Crippen molar-refractivity contribution in [2.24, 2.45) is 0 Å². The van der Waals surface area contributed by atoms with Gasteiger partial charge in [-0.15, -0.1) is 11.3 Å². The van der Waals surface area contributed by atoms with Crippen LogP contribution in [0.3, 0.4) is 0 Å². The van der Waals surface area contributed by atoms with Crippen LogP contribution in [0.15, 0.2) is 188 Å². The van der Waals surface area contributed by atoms with E-state index < -0.39 is 0 Å². The molecule has 0 atom stereocenters. The van der Waals surface area contributed by atoms with Crippen molar-refractivity contribution in [3.05, 3.63) is 199 Å². The fourth-order valence-electron chi connectivity index (χ4n) is 8.46. The van der Waals surface area contributed by atoms with Crippen LogP contribution in [0.2, 0.25) is 0 Å². The van der Waals surface area contributed by atoms with Crippen molar-refractivity contribution in [3.63, 3.8) is 0 Å². The van der Waals surface area contributed by atoms with E-state index in [2.05, 4.69) is 207 Å². The smallest absolute Gasteiger partial charge is 0.0540 e. The van der Waals surface area contributed by atoms with Crippen molar-refractivity contribution in [1.29, 1.82) is 0 Å². The van der Waals surface area contributed by atoms with Gasteiger partial charge in [-0.05, 0) is 92.5 Å². The van der Waals surface area contributed by atoms with Crippen LogP contribution in [0.4, 0.5) is 17.1 Å². The molecule has 0 fully saturated rings. The number of anilines is 3. The average Bonchev–Trinajstić information content (AvgIpc) is 3.70. The molecule has 252 valence electrons. The summed E-state index contributed by atoms with van der Waals surface area (Å²) in [6, 6.07) is 69.2. The fourth-order valence-corrected chi connectivity index (χ4v) is 9.60. The topological polar surface area (TPSA) is 3.24 Å². The van der Waals surface area contributed by atoms with Crippen molar-refractivity contribution in [1.82, 2.24) is 0 Å². The maximum atomic E-state index is 2.48. The third-order valence-electron chi connectivity index (χ3n) is 11.1. The fraction of sp³-hybridized carbons (Fsp3) is 0.0588. The first-order valence-corrected chi connectivity index (χ1v) is 19.2. The molecule has 0 amide bonds. The van der Waals surface area contributed by atoms with Gasteiger partial charge < -0.3 is 4.90 Å². The highest BCUT2D eigenvalue weighted by molar-refractivity contribution is 7.25. The second kappa shape index (κ2) is 12.5. The summed E-state index contributed by atoms with van der Waals surface area (Å²) in [7, 11) is 0. The lowest BCUT2D eigenvalue weighted by molar-refractivity contribution is 0.660. The molecule has 1 heterocycles. The molecule has 2 heteroatoms. The van der Waals surface area contributed by atoms with Gasteiger partial charge in [0.05, 0.1) is 5.69 Å². The van der Waals surface area contributed by atoms with Crippen LogP contribution in [0.1, 0.15) is 25.0 Å². The van der Waals surface area contributed by atoms with Crippen LogP contribution in [0.25, 0.3) is 64.7 Å². The van der Waals surface area contributed by atoms with E-state index in [0.717, 1.165) is 17.1 Å². The number of hydrogen-bond acceptors (Lipinski definition) is 2. The predicted molar refractivity (Wildman–Crippen MR) is 228 cm³/mol. The highest BCUT2D eigenvalue weighted by Gasteiger charge is 2.36. The average molecular weight is 696 g/mol. The van der Waals surface area contributed by atoms with Gasteiger partial charge in [-0.1, -0.05) is 159 Å². The van der Waals surface area contributed by atoms with E-state index in [1.165, 1.54) is 75.8 Å². The summed E-state index contributed by atoms with van der Waals surface area (Å²) in [6.45, 7) is 4.73. The molecule has 9 aromatic rings. The highest BCUT2D eigenvalue weighted by atomic mass is 32.1. The lowest BCUT2D eigenvalue weighted by atomic mass is 9.82. The Kier molecular flexibility index (Phi) is 7.42. The lowest BCUT2D eigenvalue weighted by Gasteiger charge is -2.30. The van der Waals surface area contributed by atoms with Gasteiger partial charge in [-0.25, -0.2) is 0 Å². The molecule has 0 radical (unpaired) electrons. The summed E-state index contributed by atoms with van der Waals surface area (Å²) in [4.78, 5) is 2.48. The Hall–Kier alpha value is -6.22. The van der Waals surface area contributed by atoms with E-state index in [1.54, 1.807) is 0 Å². The van der Waals surface area contributed by atoms with Crippen LogP contribution in [0, 0.1) is 0 Å². The van der Waals surface area contributed by atoms with Crippen molar-refractivity contribution in [2.45, 2.75) is 19.3 Å². The first-order valence-electron chi connectivity index (χ1n) is 18.3. The minimum absolute atomic E-state index is 0.115. The summed E-state index contributed by atoms with van der Waals surface area (Å²) >= 11 is 1.87. The van der Waals surface area contributed by atoms with E-state index in [-0.39, 0.29) is 5.41 Å². The maximum absolute atomic E-state index is 2.48. The van der Waals surface area contributed by atoms with E-state index in [9.17, 15) is 0 Å². The van der Waals surface area contributed by atoms with Crippen LogP contribution < -0.4 is 4.90 Å². The molecule has 1 aliphatic rings. The number of rotatable bonds is 6. The van der Waals surface area contributed by atoms with Gasteiger partial charge in [0.15, 0.2) is 0 Å². The van der Waals surface area contributed by atoms with Gasteiger partial charge in [0.25, 0.3) is 0 Å². The molecule has 0 bridgehead atoms. The van der Waals surface area contributed by atoms with Crippen molar-refractivity contribution < 1.29 is 0 Å². The Morgan fingerprint density at radius 3 is 1.72 bits per heavy atom. The monoisotopic (exact) mass is 695 g/mol. The van der Waals surface area contributed by atoms with Crippen molar-refractivity contribution >= 4 is 48.6 Å². The Morgan fingerprint density at radius 1 is 0.377 bits per heavy atom. The first-order chi connectivity index (χ1) is 26.0. The molecule has 0 saturated heterocycles. The van der Waals surface area contributed by atoms with Crippen LogP contribution in [-0.2, 0) is 5.41 Å². The predicted octanol–water partition coefficient (Wildman–Crippen LogP) is 14.8. The zero-order valence-electron chi connectivity index (χ0n) is 29.8. The third-order valence-corrected chi connectivity index (χ3v) is 12.2. The second-order valence-electron chi connectivity index (χ2n) is 14.5. The van der Waals surface area contributed by atoms with E-state index in [1.807, 2.05) is 11.3 Å². The molecule has 0 aliphatic heterocycles. The molecular formula is C51H37NS. The van der Waals surface area contributed by atoms with Crippen LogP contribution in [0.5, 0.6) is 0 Å². The molecule has 0 spiro atoms. The van der Waals surface area contributed by atoms with Gasteiger partial charge in [0.1, 0.15) is 0 Å². The zero-order valence-corrected chi connectivity index (χ0v) is 30.6. The minimum Gasteiger partial charge on any atom is -0.310 e. The van der Waals surface area contributed by atoms with Gasteiger partial charge in [0.2, 0.25) is 0 Å². The number of nitrogens with zero attached hydrogens (tertiary/aromatic N) is 1. The SMILES string of the molecule is CC1(C)c2ccccc2-c2ccc(N(c3ccc4c(c3)sc3ccccc34)c3ccc(-c4ccccc4-c4ccccc4)cc3-c3ccccc3)cc21. The molecular weight excluding hydrogens is 659 g/mol. The summed E-state index contributed by atoms with van der Waals surface area (Å²) in [5.74, 6) is 0. The summed E-state index contributed by atoms with van der Waals surface area (Å²) < 4.78 is 2.60. The quantitative estimate of drug-likeness (QED) is 0.167. The Morgan fingerprint density at radius 2 is 0.943 bits per heavy atom. The lowest BCUT2D eigenvalue weighted by Crippen LogP contribution is -2.17. The van der Waals surface area contributed by atoms with Gasteiger partial charge in [-0.2, -0.15) is 0 Å². The summed E-state index contributed by atoms with van der Waals surface area (Å²) in [5.41, 5.74) is 16.0. The highest BCUT2D eigenvalue weighted by Crippen LogP contribution is 2.52. The molecule has 0 unspecified atom stereocenters. The number of fused-ring (bicyclic) bond motifs is 6. The third kappa shape index (κ3) is 5.21. The molecule has 53 heavy (non-hydrogen) atoms. The molecule has 10 rings (SSSR count). The second-order valence-corrected chi connectivity index (χ2v) is 15.6. The summed E-state index contributed by atoms with van der Waals surface area (Å²) in [5, 5.41) is 2.62. The van der Waals surface area contributed by atoms with Crippen molar-refractivity contribution in [3.8, 4) is 44.5 Å². The molecule has 0 N–H and O–H groups in total.